The standard InChI is InChI=1S/C20H26ClN3O4S/c1-13-7-9-24(10-8-13)20(25)17-12-19(14(2)23(17)3)29(26,27)22-15-5-6-18(28-4)16(21)11-15/h5-6,11-13,22H,7-10H2,1-4H3. The normalized spacial score (nSPS) is 15.4. The zero-order valence-corrected chi connectivity index (χ0v) is 18.6. The van der Waals surface area contributed by atoms with E-state index in [2.05, 4.69) is 11.6 Å². The average molecular weight is 440 g/mol. The van der Waals surface area contributed by atoms with E-state index >= 15 is 0 Å². The van der Waals surface area contributed by atoms with Gasteiger partial charge in [0.05, 0.1) is 17.8 Å². The zero-order valence-electron chi connectivity index (χ0n) is 17.0. The molecule has 1 aromatic heterocycles. The Kier molecular flexibility index (Phi) is 6.14. The quantitative estimate of drug-likeness (QED) is 0.770. The highest BCUT2D eigenvalue weighted by Gasteiger charge is 2.28. The third-order valence-corrected chi connectivity index (χ3v) is 7.26. The number of nitrogens with one attached hydrogen (secondary N) is 1. The van der Waals surface area contributed by atoms with E-state index in [1.165, 1.54) is 19.2 Å². The van der Waals surface area contributed by atoms with Crippen molar-refractivity contribution in [1.82, 2.24) is 9.47 Å². The molecule has 1 aliphatic rings. The van der Waals surface area contributed by atoms with E-state index < -0.39 is 10.0 Å². The zero-order chi connectivity index (χ0) is 21.3. The molecular weight excluding hydrogens is 414 g/mol. The van der Waals surface area contributed by atoms with Crippen LogP contribution in [0, 0.1) is 12.8 Å². The topological polar surface area (TPSA) is 80.6 Å². The highest BCUT2D eigenvalue weighted by atomic mass is 35.5. The summed E-state index contributed by atoms with van der Waals surface area (Å²) in [6.07, 6.45) is 1.92. The van der Waals surface area contributed by atoms with Gasteiger partial charge in [0.25, 0.3) is 15.9 Å². The molecule has 0 aliphatic carbocycles. The number of sulfonamides is 1. The van der Waals surface area contributed by atoms with E-state index in [1.807, 2.05) is 0 Å². The monoisotopic (exact) mass is 439 g/mol. The average Bonchev–Trinajstić information content (AvgIpc) is 2.97. The molecule has 0 saturated carbocycles. The van der Waals surface area contributed by atoms with Crippen molar-refractivity contribution in [3.05, 3.63) is 40.7 Å². The summed E-state index contributed by atoms with van der Waals surface area (Å²) in [6.45, 7) is 5.24. The number of aromatic nitrogens is 1. The number of anilines is 1. The summed E-state index contributed by atoms with van der Waals surface area (Å²) in [6, 6.07) is 6.09. The van der Waals surface area contributed by atoms with Gasteiger partial charge in [-0.1, -0.05) is 18.5 Å². The van der Waals surface area contributed by atoms with Gasteiger partial charge in [0.1, 0.15) is 16.3 Å². The Hall–Kier alpha value is -2.19. The predicted molar refractivity (Wildman–Crippen MR) is 113 cm³/mol. The van der Waals surface area contributed by atoms with Gasteiger partial charge in [-0.2, -0.15) is 0 Å². The van der Waals surface area contributed by atoms with Gasteiger partial charge >= 0.3 is 0 Å². The highest BCUT2D eigenvalue weighted by molar-refractivity contribution is 7.92. The van der Waals surface area contributed by atoms with Gasteiger partial charge in [-0.3, -0.25) is 9.52 Å². The van der Waals surface area contributed by atoms with Gasteiger partial charge in [-0.15, -0.1) is 0 Å². The third-order valence-electron chi connectivity index (χ3n) is 5.47. The van der Waals surface area contributed by atoms with E-state index in [0.29, 0.717) is 46.9 Å². The van der Waals surface area contributed by atoms with Crippen LogP contribution in [-0.2, 0) is 17.1 Å². The molecule has 2 aromatic rings. The lowest BCUT2D eigenvalue weighted by Gasteiger charge is -2.30. The SMILES string of the molecule is COc1ccc(NS(=O)(=O)c2cc(C(=O)N3CCC(C)CC3)n(C)c2C)cc1Cl. The van der Waals surface area contributed by atoms with Crippen molar-refractivity contribution in [2.24, 2.45) is 13.0 Å². The number of carbonyl (C=O) groups is 1. The number of halogens is 1. The van der Waals surface area contributed by atoms with Crippen molar-refractivity contribution in [1.29, 1.82) is 0 Å². The summed E-state index contributed by atoms with van der Waals surface area (Å²) < 4.78 is 35.2. The molecular formula is C20H26ClN3O4S. The van der Waals surface area contributed by atoms with Crippen molar-refractivity contribution in [2.45, 2.75) is 31.6 Å². The molecule has 9 heteroatoms. The van der Waals surface area contributed by atoms with Crippen LogP contribution in [0.4, 0.5) is 5.69 Å². The molecule has 1 aliphatic heterocycles. The van der Waals surface area contributed by atoms with Crippen molar-refractivity contribution in [3.8, 4) is 5.75 Å². The molecule has 7 nitrogen and oxygen atoms in total. The van der Waals surface area contributed by atoms with Crippen molar-refractivity contribution >= 4 is 33.2 Å². The maximum absolute atomic E-state index is 13.0. The number of hydrogen-bond acceptors (Lipinski definition) is 4. The van der Waals surface area contributed by atoms with Crippen LogP contribution in [0.2, 0.25) is 5.02 Å². The van der Waals surface area contributed by atoms with Crippen LogP contribution in [0.5, 0.6) is 5.75 Å². The Morgan fingerprint density at radius 2 is 1.90 bits per heavy atom. The molecule has 29 heavy (non-hydrogen) atoms. The Morgan fingerprint density at radius 1 is 1.24 bits per heavy atom. The number of amides is 1. The van der Waals surface area contributed by atoms with Crippen LogP contribution in [0.15, 0.2) is 29.2 Å². The molecule has 0 bridgehead atoms. The molecule has 1 N–H and O–H groups in total. The molecule has 1 amide bonds. The predicted octanol–water partition coefficient (Wildman–Crippen LogP) is 3.67. The van der Waals surface area contributed by atoms with Crippen LogP contribution < -0.4 is 9.46 Å². The first-order chi connectivity index (χ1) is 13.6. The van der Waals surface area contributed by atoms with E-state index in [-0.39, 0.29) is 10.8 Å². The number of rotatable bonds is 5. The minimum Gasteiger partial charge on any atom is -0.495 e. The minimum atomic E-state index is -3.90. The Bertz CT molecular complexity index is 1020. The second-order valence-corrected chi connectivity index (χ2v) is 9.53. The first-order valence-electron chi connectivity index (χ1n) is 9.46. The lowest BCUT2D eigenvalue weighted by atomic mass is 9.99. The number of ether oxygens (including phenoxy) is 1. The minimum absolute atomic E-state index is 0.0701. The first-order valence-corrected chi connectivity index (χ1v) is 11.3. The summed E-state index contributed by atoms with van der Waals surface area (Å²) in [5, 5.41) is 0.299. The third kappa shape index (κ3) is 4.38. The Labute approximate surface area is 176 Å². The first kappa shape index (κ1) is 21.5. The van der Waals surface area contributed by atoms with Gasteiger partial charge in [0.15, 0.2) is 0 Å². The number of methoxy groups -OCH3 is 1. The van der Waals surface area contributed by atoms with Crippen LogP contribution in [0.3, 0.4) is 0 Å². The van der Waals surface area contributed by atoms with Gasteiger partial charge in [0, 0.05) is 25.8 Å². The lowest BCUT2D eigenvalue weighted by Crippen LogP contribution is -2.38. The molecule has 1 saturated heterocycles. The van der Waals surface area contributed by atoms with E-state index in [4.69, 9.17) is 16.3 Å². The molecule has 1 fully saturated rings. The number of nitrogens with zero attached hydrogens (tertiary/aromatic N) is 2. The van der Waals surface area contributed by atoms with Crippen molar-refractivity contribution < 1.29 is 17.9 Å². The van der Waals surface area contributed by atoms with Crippen LogP contribution in [0.1, 0.15) is 35.9 Å². The maximum Gasteiger partial charge on any atom is 0.270 e. The number of likely N-dealkylation sites (tertiary alicyclic amines) is 1. The largest absolute Gasteiger partial charge is 0.495 e. The van der Waals surface area contributed by atoms with Crippen LogP contribution in [-0.4, -0.2) is 44.0 Å². The van der Waals surface area contributed by atoms with Gasteiger partial charge < -0.3 is 14.2 Å². The number of piperidine rings is 1. The maximum atomic E-state index is 13.0. The van der Waals surface area contributed by atoms with Gasteiger partial charge in [0.2, 0.25) is 0 Å². The fraction of sp³-hybridized carbons (Fsp3) is 0.450. The smallest absolute Gasteiger partial charge is 0.270 e. The number of benzene rings is 1. The summed E-state index contributed by atoms with van der Waals surface area (Å²) >= 11 is 6.09. The van der Waals surface area contributed by atoms with Crippen molar-refractivity contribution in [3.63, 3.8) is 0 Å². The van der Waals surface area contributed by atoms with Crippen LogP contribution in [0.25, 0.3) is 0 Å². The summed E-state index contributed by atoms with van der Waals surface area (Å²) in [5.41, 5.74) is 1.17. The molecule has 0 unspecified atom stereocenters. The fourth-order valence-corrected chi connectivity index (χ4v) is 5.06. The molecule has 0 radical (unpaired) electrons. The summed E-state index contributed by atoms with van der Waals surface area (Å²) in [7, 11) is -0.703. The fourth-order valence-electron chi connectivity index (χ4n) is 3.46. The van der Waals surface area contributed by atoms with E-state index in [0.717, 1.165) is 12.8 Å². The molecule has 3 rings (SSSR count). The summed E-state index contributed by atoms with van der Waals surface area (Å²) in [4.78, 5) is 14.8. The molecule has 0 atom stereocenters. The second kappa shape index (κ2) is 8.28. The van der Waals surface area contributed by atoms with Crippen LogP contribution >= 0.6 is 11.6 Å². The van der Waals surface area contributed by atoms with E-state index in [1.54, 1.807) is 35.6 Å². The Balaban J connectivity index is 1.87. The molecule has 158 valence electrons. The van der Waals surface area contributed by atoms with Gasteiger partial charge in [-0.25, -0.2) is 8.42 Å². The lowest BCUT2D eigenvalue weighted by molar-refractivity contribution is 0.0687. The number of carbonyl (C=O) groups excluding carboxylic acids is 1. The molecule has 0 spiro atoms. The van der Waals surface area contributed by atoms with E-state index in [9.17, 15) is 13.2 Å². The second-order valence-electron chi connectivity index (χ2n) is 7.47. The Morgan fingerprint density at radius 3 is 2.48 bits per heavy atom. The van der Waals surface area contributed by atoms with Crippen molar-refractivity contribution in [2.75, 3.05) is 24.9 Å². The van der Waals surface area contributed by atoms with Gasteiger partial charge in [-0.05, 0) is 49.9 Å². The number of hydrogen-bond donors (Lipinski definition) is 1. The summed E-state index contributed by atoms with van der Waals surface area (Å²) in [5.74, 6) is 0.913. The molecule has 2 heterocycles. The highest BCUT2D eigenvalue weighted by Crippen LogP contribution is 2.30. The molecule has 1 aromatic carbocycles.